The van der Waals surface area contributed by atoms with Crippen molar-refractivity contribution in [1.29, 1.82) is 0 Å². The van der Waals surface area contributed by atoms with E-state index >= 15 is 0 Å². The standard InChI is InChI=1S/C10H22O4/c1-4-8(12)10(14)9(13)7(5-11)6(2)3/h6-14H,4-5H2,1-3H3. The second kappa shape index (κ2) is 6.35. The second-order valence-corrected chi connectivity index (χ2v) is 4.05. The lowest BCUT2D eigenvalue weighted by molar-refractivity contribution is -0.0972. The lowest BCUT2D eigenvalue weighted by Crippen LogP contribution is -2.44. The predicted molar refractivity (Wildman–Crippen MR) is 53.7 cm³/mol. The lowest BCUT2D eigenvalue weighted by atomic mass is 9.86. The normalized spacial score (nSPS) is 20.6. The van der Waals surface area contributed by atoms with Crippen LogP contribution >= 0.6 is 0 Å². The number of hydrogen-bond donors (Lipinski definition) is 4. The van der Waals surface area contributed by atoms with Crippen LogP contribution < -0.4 is 0 Å². The quantitative estimate of drug-likeness (QED) is 0.483. The van der Waals surface area contributed by atoms with Crippen LogP contribution in [0, 0.1) is 11.8 Å². The Balaban J connectivity index is 4.33. The van der Waals surface area contributed by atoms with Gasteiger partial charge >= 0.3 is 0 Å². The molecule has 0 bridgehead atoms. The molecule has 0 spiro atoms. The Morgan fingerprint density at radius 3 is 1.79 bits per heavy atom. The number of aliphatic hydroxyl groups excluding tert-OH is 4. The molecule has 0 aliphatic carbocycles. The molecule has 4 nitrogen and oxygen atoms in total. The summed E-state index contributed by atoms with van der Waals surface area (Å²) in [5.41, 5.74) is 0. The van der Waals surface area contributed by atoms with Gasteiger partial charge in [0.25, 0.3) is 0 Å². The SMILES string of the molecule is CCC(O)C(O)C(O)C(CO)C(C)C. The Morgan fingerprint density at radius 2 is 1.50 bits per heavy atom. The first-order valence-electron chi connectivity index (χ1n) is 5.10. The van der Waals surface area contributed by atoms with Crippen LogP contribution in [-0.2, 0) is 0 Å². The molecule has 4 heteroatoms. The van der Waals surface area contributed by atoms with Crippen molar-refractivity contribution >= 4 is 0 Å². The molecule has 4 atom stereocenters. The molecule has 0 fully saturated rings. The van der Waals surface area contributed by atoms with Gasteiger partial charge in [0.05, 0.1) is 12.2 Å². The van der Waals surface area contributed by atoms with Gasteiger partial charge in [-0.25, -0.2) is 0 Å². The molecule has 0 aromatic heterocycles. The highest BCUT2D eigenvalue weighted by Crippen LogP contribution is 2.19. The fraction of sp³-hybridized carbons (Fsp3) is 1.00. The molecule has 0 radical (unpaired) electrons. The van der Waals surface area contributed by atoms with Crippen LogP contribution in [0.2, 0.25) is 0 Å². The molecule has 0 saturated carbocycles. The largest absolute Gasteiger partial charge is 0.396 e. The van der Waals surface area contributed by atoms with Crippen molar-refractivity contribution in [3.63, 3.8) is 0 Å². The molecular formula is C10H22O4. The molecule has 0 aromatic rings. The van der Waals surface area contributed by atoms with E-state index in [4.69, 9.17) is 5.11 Å². The van der Waals surface area contributed by atoms with E-state index in [0.717, 1.165) is 0 Å². The minimum atomic E-state index is -1.18. The maximum absolute atomic E-state index is 9.68. The first-order valence-corrected chi connectivity index (χ1v) is 5.10. The van der Waals surface area contributed by atoms with Crippen LogP contribution in [0.15, 0.2) is 0 Å². The van der Waals surface area contributed by atoms with Gasteiger partial charge in [-0.3, -0.25) is 0 Å². The summed E-state index contributed by atoms with van der Waals surface area (Å²) < 4.78 is 0. The highest BCUT2D eigenvalue weighted by Gasteiger charge is 2.31. The zero-order valence-corrected chi connectivity index (χ0v) is 9.09. The summed E-state index contributed by atoms with van der Waals surface area (Å²) >= 11 is 0. The molecular weight excluding hydrogens is 184 g/mol. The van der Waals surface area contributed by atoms with Crippen molar-refractivity contribution in [2.75, 3.05) is 6.61 Å². The molecule has 4 N–H and O–H groups in total. The Hall–Kier alpha value is -0.160. The van der Waals surface area contributed by atoms with Gasteiger partial charge in [0.2, 0.25) is 0 Å². The van der Waals surface area contributed by atoms with Crippen LogP contribution in [0.4, 0.5) is 0 Å². The van der Waals surface area contributed by atoms with Gasteiger partial charge < -0.3 is 20.4 Å². The van der Waals surface area contributed by atoms with Crippen molar-refractivity contribution in [3.8, 4) is 0 Å². The average molecular weight is 206 g/mol. The fourth-order valence-corrected chi connectivity index (χ4v) is 1.44. The topological polar surface area (TPSA) is 80.9 Å². The first kappa shape index (κ1) is 13.8. The lowest BCUT2D eigenvalue weighted by Gasteiger charge is -2.30. The highest BCUT2D eigenvalue weighted by atomic mass is 16.4. The van der Waals surface area contributed by atoms with E-state index in [1.807, 2.05) is 13.8 Å². The fourth-order valence-electron chi connectivity index (χ4n) is 1.44. The molecule has 0 aliphatic rings. The monoisotopic (exact) mass is 206 g/mol. The van der Waals surface area contributed by atoms with E-state index in [0.29, 0.717) is 6.42 Å². The number of aliphatic hydroxyl groups is 4. The average Bonchev–Trinajstić information content (AvgIpc) is 2.15. The first-order chi connectivity index (χ1) is 6.45. The summed E-state index contributed by atoms with van der Waals surface area (Å²) in [6.45, 7) is 5.25. The zero-order chi connectivity index (χ0) is 11.3. The van der Waals surface area contributed by atoms with Gasteiger partial charge in [-0.05, 0) is 12.3 Å². The Morgan fingerprint density at radius 1 is 1.00 bits per heavy atom. The van der Waals surface area contributed by atoms with Crippen LogP contribution in [0.25, 0.3) is 0 Å². The van der Waals surface area contributed by atoms with Crippen LogP contribution in [0.1, 0.15) is 27.2 Å². The third-order valence-electron chi connectivity index (χ3n) is 2.67. The predicted octanol–water partition coefficient (Wildman–Crippen LogP) is -0.256. The van der Waals surface area contributed by atoms with Gasteiger partial charge in [0, 0.05) is 12.5 Å². The molecule has 0 amide bonds. The van der Waals surface area contributed by atoms with E-state index in [1.54, 1.807) is 6.92 Å². The Bertz CT molecular complexity index is 149. The van der Waals surface area contributed by atoms with E-state index in [2.05, 4.69) is 0 Å². The summed E-state index contributed by atoms with van der Waals surface area (Å²) in [7, 11) is 0. The minimum absolute atomic E-state index is 0.0636. The molecule has 0 saturated heterocycles. The van der Waals surface area contributed by atoms with Gasteiger partial charge in [-0.1, -0.05) is 20.8 Å². The minimum Gasteiger partial charge on any atom is -0.396 e. The Kier molecular flexibility index (Phi) is 6.27. The molecule has 0 aliphatic heterocycles. The van der Waals surface area contributed by atoms with E-state index < -0.39 is 24.2 Å². The highest BCUT2D eigenvalue weighted by molar-refractivity contribution is 4.81. The van der Waals surface area contributed by atoms with Gasteiger partial charge in [0.15, 0.2) is 0 Å². The summed E-state index contributed by atoms with van der Waals surface area (Å²) in [6.07, 6.45) is -2.80. The van der Waals surface area contributed by atoms with Gasteiger partial charge in [-0.2, -0.15) is 0 Å². The molecule has 0 heterocycles. The van der Waals surface area contributed by atoms with Crippen molar-refractivity contribution in [2.24, 2.45) is 11.8 Å². The van der Waals surface area contributed by atoms with Crippen LogP contribution in [-0.4, -0.2) is 45.3 Å². The van der Waals surface area contributed by atoms with Crippen molar-refractivity contribution in [2.45, 2.75) is 45.5 Å². The summed E-state index contributed by atoms with van der Waals surface area (Å²) in [6, 6.07) is 0. The molecule has 0 rings (SSSR count). The third-order valence-corrected chi connectivity index (χ3v) is 2.67. The maximum atomic E-state index is 9.68. The van der Waals surface area contributed by atoms with E-state index in [9.17, 15) is 15.3 Å². The smallest absolute Gasteiger partial charge is 0.106 e. The van der Waals surface area contributed by atoms with Crippen LogP contribution in [0.5, 0.6) is 0 Å². The van der Waals surface area contributed by atoms with Gasteiger partial charge in [0.1, 0.15) is 6.10 Å². The molecule has 86 valence electrons. The molecule has 0 aromatic carbocycles. The van der Waals surface area contributed by atoms with Crippen molar-refractivity contribution in [3.05, 3.63) is 0 Å². The van der Waals surface area contributed by atoms with Crippen molar-refractivity contribution < 1.29 is 20.4 Å². The summed E-state index contributed by atoms with van der Waals surface area (Å²) in [5.74, 6) is -0.333. The molecule has 14 heavy (non-hydrogen) atoms. The Labute approximate surface area is 85.2 Å². The maximum Gasteiger partial charge on any atom is 0.106 e. The summed E-state index contributed by atoms with van der Waals surface area (Å²) in [4.78, 5) is 0. The number of hydrogen-bond acceptors (Lipinski definition) is 4. The van der Waals surface area contributed by atoms with Crippen molar-refractivity contribution in [1.82, 2.24) is 0 Å². The summed E-state index contributed by atoms with van der Waals surface area (Å²) in [5, 5.41) is 37.6. The zero-order valence-electron chi connectivity index (χ0n) is 9.09. The van der Waals surface area contributed by atoms with E-state index in [1.165, 1.54) is 0 Å². The second-order valence-electron chi connectivity index (χ2n) is 4.05. The van der Waals surface area contributed by atoms with E-state index in [-0.39, 0.29) is 12.5 Å². The van der Waals surface area contributed by atoms with Gasteiger partial charge in [-0.15, -0.1) is 0 Å². The third kappa shape index (κ3) is 3.53. The van der Waals surface area contributed by atoms with Crippen LogP contribution in [0.3, 0.4) is 0 Å². The number of rotatable bonds is 6. The molecule has 4 unspecified atom stereocenters.